The van der Waals surface area contributed by atoms with Gasteiger partial charge in [0.15, 0.2) is 12.2 Å². The Morgan fingerprint density at radius 2 is 2.03 bits per heavy atom. The molecule has 8 nitrogen and oxygen atoms in total. The van der Waals surface area contributed by atoms with Gasteiger partial charge in [-0.3, -0.25) is 14.8 Å². The van der Waals surface area contributed by atoms with Gasteiger partial charge in [0, 0.05) is 25.5 Å². The highest BCUT2D eigenvalue weighted by atomic mass is 19.4. The number of alkyl halides is 4. The second-order valence-electron chi connectivity index (χ2n) is 8.41. The van der Waals surface area contributed by atoms with Crippen molar-refractivity contribution in [3.8, 4) is 6.07 Å². The van der Waals surface area contributed by atoms with E-state index in [1.807, 2.05) is 6.07 Å². The second-order valence-corrected chi connectivity index (χ2v) is 8.41. The van der Waals surface area contributed by atoms with Crippen molar-refractivity contribution in [1.82, 2.24) is 20.2 Å². The zero-order valence-corrected chi connectivity index (χ0v) is 17.8. The second kappa shape index (κ2) is 8.72. The van der Waals surface area contributed by atoms with E-state index in [1.165, 1.54) is 29.4 Å². The van der Waals surface area contributed by atoms with Crippen LogP contribution in [0.3, 0.4) is 0 Å². The predicted molar refractivity (Wildman–Crippen MR) is 110 cm³/mol. The van der Waals surface area contributed by atoms with Crippen LogP contribution < -0.4 is 10.2 Å². The summed E-state index contributed by atoms with van der Waals surface area (Å²) < 4.78 is 60.8. The summed E-state index contributed by atoms with van der Waals surface area (Å²) >= 11 is 0. The number of benzene rings is 1. The van der Waals surface area contributed by atoms with Crippen LogP contribution in [-0.4, -0.2) is 84.6 Å². The summed E-state index contributed by atoms with van der Waals surface area (Å²) in [6.07, 6.45) is -5.45. The number of carbonyl (C=O) groups excluding carboxylic acids is 1. The van der Waals surface area contributed by atoms with Crippen LogP contribution in [-0.2, 0) is 9.53 Å². The summed E-state index contributed by atoms with van der Waals surface area (Å²) in [5.41, 5.74) is -0.618. The van der Waals surface area contributed by atoms with E-state index in [4.69, 9.17) is 4.74 Å². The number of morpholine rings is 1. The smallest absolute Gasteiger partial charge is 0.364 e. The molecular weight excluding hydrogens is 444 g/mol. The van der Waals surface area contributed by atoms with Gasteiger partial charge in [0.25, 0.3) is 5.91 Å². The SMILES string of the molecule is CN1CCC(F)(CNC(=O)[C@H]2CN(c3ccc(C#N)c4nccnc34)C[C@@H](C(F)(F)F)O2)C1. The van der Waals surface area contributed by atoms with Gasteiger partial charge >= 0.3 is 6.18 Å². The van der Waals surface area contributed by atoms with Gasteiger partial charge in [0.05, 0.1) is 30.9 Å². The first kappa shape index (κ1) is 23.1. The normalized spacial score (nSPS) is 26.4. The first-order chi connectivity index (χ1) is 15.6. The summed E-state index contributed by atoms with van der Waals surface area (Å²) in [7, 11) is 1.75. The lowest BCUT2D eigenvalue weighted by Gasteiger charge is -2.39. The van der Waals surface area contributed by atoms with E-state index in [9.17, 15) is 27.6 Å². The van der Waals surface area contributed by atoms with Crippen LogP contribution in [0.25, 0.3) is 11.0 Å². The maximum atomic E-state index is 14.8. The monoisotopic (exact) mass is 466 g/mol. The first-order valence-corrected chi connectivity index (χ1v) is 10.4. The number of likely N-dealkylation sites (tertiary alicyclic amines) is 1. The Morgan fingerprint density at radius 1 is 1.30 bits per heavy atom. The number of aromatic nitrogens is 2. The van der Waals surface area contributed by atoms with Crippen molar-refractivity contribution in [2.75, 3.05) is 44.7 Å². The average Bonchev–Trinajstić information content (AvgIpc) is 3.14. The van der Waals surface area contributed by atoms with E-state index in [-0.39, 0.29) is 42.7 Å². The molecule has 3 heterocycles. The molecule has 4 rings (SSSR count). The number of fused-ring (bicyclic) bond motifs is 1. The van der Waals surface area contributed by atoms with Gasteiger partial charge < -0.3 is 19.9 Å². The van der Waals surface area contributed by atoms with Crippen LogP contribution >= 0.6 is 0 Å². The molecule has 33 heavy (non-hydrogen) atoms. The lowest BCUT2D eigenvalue weighted by atomic mass is 10.1. The molecule has 0 aliphatic carbocycles. The van der Waals surface area contributed by atoms with Crippen molar-refractivity contribution in [2.45, 2.75) is 30.5 Å². The Bertz CT molecular complexity index is 1090. The molecule has 0 radical (unpaired) electrons. The average molecular weight is 466 g/mol. The Morgan fingerprint density at radius 3 is 2.67 bits per heavy atom. The zero-order valence-electron chi connectivity index (χ0n) is 17.8. The van der Waals surface area contributed by atoms with Crippen LogP contribution in [0.2, 0.25) is 0 Å². The molecule has 0 saturated carbocycles. The number of hydrogen-bond acceptors (Lipinski definition) is 7. The van der Waals surface area contributed by atoms with Crippen molar-refractivity contribution in [2.24, 2.45) is 0 Å². The van der Waals surface area contributed by atoms with Crippen molar-refractivity contribution in [3.63, 3.8) is 0 Å². The molecule has 1 aromatic heterocycles. The van der Waals surface area contributed by atoms with Gasteiger partial charge in [-0.15, -0.1) is 0 Å². The Balaban J connectivity index is 1.59. The van der Waals surface area contributed by atoms with Crippen molar-refractivity contribution < 1.29 is 27.1 Å². The number of nitrogens with one attached hydrogen (secondary N) is 1. The highest BCUT2D eigenvalue weighted by molar-refractivity contribution is 5.92. The Hall–Kier alpha value is -3.04. The molecule has 3 atom stereocenters. The quantitative estimate of drug-likeness (QED) is 0.687. The fourth-order valence-corrected chi connectivity index (χ4v) is 4.21. The number of halogens is 4. The van der Waals surface area contributed by atoms with E-state index in [0.717, 1.165) is 0 Å². The fraction of sp³-hybridized carbons (Fsp3) is 0.524. The van der Waals surface area contributed by atoms with Crippen LogP contribution in [0.4, 0.5) is 23.2 Å². The number of carbonyl (C=O) groups is 1. The van der Waals surface area contributed by atoms with E-state index in [1.54, 1.807) is 11.9 Å². The Labute approximate surface area is 187 Å². The minimum atomic E-state index is -4.72. The number of hydrogen-bond donors (Lipinski definition) is 1. The van der Waals surface area contributed by atoms with Crippen LogP contribution in [0.5, 0.6) is 0 Å². The molecule has 2 aliphatic rings. The van der Waals surface area contributed by atoms with E-state index >= 15 is 0 Å². The van der Waals surface area contributed by atoms with Gasteiger partial charge in [-0.2, -0.15) is 18.4 Å². The van der Waals surface area contributed by atoms with Crippen LogP contribution in [0.1, 0.15) is 12.0 Å². The topological polar surface area (TPSA) is 94.4 Å². The minimum Gasteiger partial charge on any atom is -0.364 e. The molecule has 1 unspecified atom stereocenters. The summed E-state index contributed by atoms with van der Waals surface area (Å²) in [5.74, 6) is -0.815. The maximum Gasteiger partial charge on any atom is 0.416 e. The van der Waals surface area contributed by atoms with E-state index in [0.29, 0.717) is 12.2 Å². The summed E-state index contributed by atoms with van der Waals surface area (Å²) in [6.45, 7) is -0.412. The molecular formula is C21H22F4N6O2. The van der Waals surface area contributed by atoms with Crippen molar-refractivity contribution in [3.05, 3.63) is 30.1 Å². The summed E-state index contributed by atoms with van der Waals surface area (Å²) in [5, 5.41) is 11.7. The molecule has 2 aliphatic heterocycles. The van der Waals surface area contributed by atoms with Crippen LogP contribution in [0.15, 0.2) is 24.5 Å². The van der Waals surface area contributed by atoms with Crippen molar-refractivity contribution in [1.29, 1.82) is 5.26 Å². The van der Waals surface area contributed by atoms with Crippen molar-refractivity contribution >= 4 is 22.6 Å². The molecule has 1 aromatic carbocycles. The Kier molecular flexibility index (Phi) is 6.11. The molecule has 1 amide bonds. The van der Waals surface area contributed by atoms with Crippen LogP contribution in [0, 0.1) is 11.3 Å². The van der Waals surface area contributed by atoms with Gasteiger partial charge in [0.2, 0.25) is 0 Å². The molecule has 2 fully saturated rings. The molecule has 12 heteroatoms. The predicted octanol–water partition coefficient (Wildman–Crippen LogP) is 1.80. The standard InChI is InChI=1S/C21H22F4N6O2/c1-30-7-4-20(22,12-30)11-29-19(32)15-9-31(10-16(33-15)21(23,24)25)14-3-2-13(8-26)17-18(14)28-6-5-27-17/h2-3,5-6,15-16H,4,7,9-12H2,1H3,(H,29,32)/t15-,16+,20?/m1/s1. The van der Waals surface area contributed by atoms with E-state index < -0.39 is 36.5 Å². The molecule has 0 spiro atoms. The van der Waals surface area contributed by atoms with Gasteiger partial charge in [-0.05, 0) is 25.6 Å². The lowest BCUT2D eigenvalue weighted by Crippen LogP contribution is -2.58. The largest absolute Gasteiger partial charge is 0.416 e. The summed E-state index contributed by atoms with van der Waals surface area (Å²) in [4.78, 5) is 24.2. The number of anilines is 1. The highest BCUT2D eigenvalue weighted by Crippen LogP contribution is 2.33. The number of nitriles is 1. The number of amides is 1. The molecule has 176 valence electrons. The van der Waals surface area contributed by atoms with Gasteiger partial charge in [-0.25, -0.2) is 4.39 Å². The third-order valence-corrected chi connectivity index (χ3v) is 5.90. The number of rotatable bonds is 4. The van der Waals surface area contributed by atoms with E-state index in [2.05, 4.69) is 15.3 Å². The third-order valence-electron chi connectivity index (χ3n) is 5.90. The molecule has 0 bridgehead atoms. The maximum absolute atomic E-state index is 14.8. The summed E-state index contributed by atoms with van der Waals surface area (Å²) in [6, 6.07) is 4.91. The fourth-order valence-electron chi connectivity index (χ4n) is 4.21. The highest BCUT2D eigenvalue weighted by Gasteiger charge is 2.48. The molecule has 2 saturated heterocycles. The third kappa shape index (κ3) is 4.84. The zero-order chi connectivity index (χ0) is 23.8. The number of ether oxygens (including phenoxy) is 1. The van der Waals surface area contributed by atoms with Gasteiger partial charge in [0.1, 0.15) is 22.8 Å². The lowest BCUT2D eigenvalue weighted by molar-refractivity contribution is -0.234. The molecule has 2 aromatic rings. The van der Waals surface area contributed by atoms with Gasteiger partial charge in [-0.1, -0.05) is 0 Å². The first-order valence-electron chi connectivity index (χ1n) is 10.4. The minimum absolute atomic E-state index is 0.131. The number of nitrogens with zero attached hydrogens (tertiary/aromatic N) is 5. The molecule has 1 N–H and O–H groups in total.